The maximum absolute atomic E-state index is 12.9. The molecule has 0 spiro atoms. The maximum atomic E-state index is 12.9. The van der Waals surface area contributed by atoms with Crippen molar-refractivity contribution >= 4 is 11.3 Å². The Morgan fingerprint density at radius 3 is 2.70 bits per heavy atom. The monoisotopic (exact) mass is 290 g/mol. The fourth-order valence-electron chi connectivity index (χ4n) is 2.69. The Morgan fingerprint density at radius 2 is 1.95 bits per heavy atom. The van der Waals surface area contributed by atoms with Crippen molar-refractivity contribution in [2.24, 2.45) is 0 Å². The summed E-state index contributed by atoms with van der Waals surface area (Å²) in [7, 11) is 0. The van der Waals surface area contributed by atoms with Crippen molar-refractivity contribution in [3.8, 4) is 11.3 Å². The lowest BCUT2D eigenvalue weighted by atomic mass is 10.2. The molecule has 1 saturated carbocycles. The molecular weight excluding hydrogens is 271 g/mol. The van der Waals surface area contributed by atoms with Gasteiger partial charge in [-0.3, -0.25) is 0 Å². The van der Waals surface area contributed by atoms with Gasteiger partial charge in [0.15, 0.2) is 0 Å². The molecule has 1 aromatic heterocycles. The second kappa shape index (κ2) is 6.46. The van der Waals surface area contributed by atoms with Crippen LogP contribution in [-0.4, -0.2) is 17.6 Å². The minimum atomic E-state index is -0.204. The lowest BCUT2D eigenvalue weighted by Crippen LogP contribution is -2.27. The van der Waals surface area contributed by atoms with Gasteiger partial charge in [0.2, 0.25) is 0 Å². The topological polar surface area (TPSA) is 24.9 Å². The molecule has 0 saturated heterocycles. The highest BCUT2D eigenvalue weighted by Crippen LogP contribution is 2.22. The SMILES string of the molecule is Fc1ccc(-c2csc(CCNC3CCCC3)n2)cc1. The molecule has 1 aliphatic carbocycles. The summed E-state index contributed by atoms with van der Waals surface area (Å²) in [6.07, 6.45) is 6.34. The number of nitrogens with zero attached hydrogens (tertiary/aromatic N) is 1. The maximum Gasteiger partial charge on any atom is 0.123 e. The van der Waals surface area contributed by atoms with Crippen LogP contribution in [0.15, 0.2) is 29.6 Å². The standard InChI is InChI=1S/C16H19FN2S/c17-13-7-5-12(6-8-13)15-11-20-16(19-15)9-10-18-14-3-1-2-4-14/h5-8,11,14,18H,1-4,9-10H2. The van der Waals surface area contributed by atoms with Crippen LogP contribution >= 0.6 is 11.3 Å². The van der Waals surface area contributed by atoms with E-state index in [0.29, 0.717) is 6.04 Å². The van der Waals surface area contributed by atoms with Crippen molar-refractivity contribution in [3.63, 3.8) is 0 Å². The summed E-state index contributed by atoms with van der Waals surface area (Å²) in [5.41, 5.74) is 1.93. The lowest BCUT2D eigenvalue weighted by Gasteiger charge is -2.10. The molecule has 1 N–H and O–H groups in total. The lowest BCUT2D eigenvalue weighted by molar-refractivity contribution is 0.527. The number of halogens is 1. The molecule has 4 heteroatoms. The smallest absolute Gasteiger partial charge is 0.123 e. The minimum Gasteiger partial charge on any atom is -0.314 e. The average molecular weight is 290 g/mol. The van der Waals surface area contributed by atoms with Gasteiger partial charge in [0, 0.05) is 30.0 Å². The first-order valence-electron chi connectivity index (χ1n) is 7.25. The van der Waals surface area contributed by atoms with E-state index in [1.807, 2.05) is 0 Å². The minimum absolute atomic E-state index is 0.204. The van der Waals surface area contributed by atoms with Crippen LogP contribution in [0.1, 0.15) is 30.7 Å². The zero-order valence-electron chi connectivity index (χ0n) is 11.4. The van der Waals surface area contributed by atoms with Crippen molar-refractivity contribution in [1.82, 2.24) is 10.3 Å². The molecule has 0 unspecified atom stereocenters. The Balaban J connectivity index is 1.55. The van der Waals surface area contributed by atoms with E-state index in [-0.39, 0.29) is 5.82 Å². The molecule has 106 valence electrons. The van der Waals surface area contributed by atoms with Gasteiger partial charge in [0.25, 0.3) is 0 Å². The first-order valence-corrected chi connectivity index (χ1v) is 8.13. The molecule has 1 aromatic carbocycles. The molecule has 0 amide bonds. The fourth-order valence-corrected chi connectivity index (χ4v) is 3.50. The number of hydrogen-bond acceptors (Lipinski definition) is 3. The highest BCUT2D eigenvalue weighted by molar-refractivity contribution is 7.09. The van der Waals surface area contributed by atoms with Gasteiger partial charge in [-0.15, -0.1) is 11.3 Å². The highest BCUT2D eigenvalue weighted by atomic mass is 32.1. The molecular formula is C16H19FN2S. The van der Waals surface area contributed by atoms with Crippen LogP contribution in [0.3, 0.4) is 0 Å². The molecule has 1 heterocycles. The third-order valence-electron chi connectivity index (χ3n) is 3.82. The van der Waals surface area contributed by atoms with Crippen LogP contribution < -0.4 is 5.32 Å². The van der Waals surface area contributed by atoms with E-state index in [9.17, 15) is 4.39 Å². The van der Waals surface area contributed by atoms with Gasteiger partial charge in [-0.25, -0.2) is 9.37 Å². The van der Waals surface area contributed by atoms with Crippen LogP contribution in [0.25, 0.3) is 11.3 Å². The Kier molecular flexibility index (Phi) is 4.43. The molecule has 0 atom stereocenters. The molecule has 0 radical (unpaired) electrons. The molecule has 20 heavy (non-hydrogen) atoms. The van der Waals surface area contributed by atoms with Crippen molar-refractivity contribution in [3.05, 3.63) is 40.5 Å². The van der Waals surface area contributed by atoms with Crippen LogP contribution in [0.2, 0.25) is 0 Å². The quantitative estimate of drug-likeness (QED) is 0.899. The van der Waals surface area contributed by atoms with E-state index < -0.39 is 0 Å². The number of thiazole rings is 1. The third kappa shape index (κ3) is 3.44. The van der Waals surface area contributed by atoms with Gasteiger partial charge in [0.1, 0.15) is 5.82 Å². The van der Waals surface area contributed by atoms with Gasteiger partial charge in [-0.1, -0.05) is 12.8 Å². The van der Waals surface area contributed by atoms with E-state index >= 15 is 0 Å². The second-order valence-electron chi connectivity index (χ2n) is 5.32. The zero-order valence-corrected chi connectivity index (χ0v) is 12.3. The Hall–Kier alpha value is -1.26. The predicted molar refractivity (Wildman–Crippen MR) is 81.5 cm³/mol. The van der Waals surface area contributed by atoms with Crippen LogP contribution in [0, 0.1) is 5.82 Å². The van der Waals surface area contributed by atoms with Crippen molar-refractivity contribution in [1.29, 1.82) is 0 Å². The third-order valence-corrected chi connectivity index (χ3v) is 4.73. The summed E-state index contributed by atoms with van der Waals surface area (Å²) in [5.74, 6) is -0.204. The van der Waals surface area contributed by atoms with E-state index in [4.69, 9.17) is 0 Å². The summed E-state index contributed by atoms with van der Waals surface area (Å²) < 4.78 is 12.9. The summed E-state index contributed by atoms with van der Waals surface area (Å²) in [4.78, 5) is 4.63. The molecule has 1 fully saturated rings. The van der Waals surface area contributed by atoms with Crippen LogP contribution in [0.5, 0.6) is 0 Å². The fraction of sp³-hybridized carbons (Fsp3) is 0.438. The molecule has 1 aliphatic rings. The predicted octanol–water partition coefficient (Wildman–Crippen LogP) is 4.02. The molecule has 2 aromatic rings. The van der Waals surface area contributed by atoms with Crippen LogP contribution in [0.4, 0.5) is 4.39 Å². The number of hydrogen-bond donors (Lipinski definition) is 1. The van der Waals surface area contributed by atoms with E-state index in [0.717, 1.165) is 29.2 Å². The molecule has 3 rings (SSSR count). The Labute approximate surface area is 123 Å². The summed E-state index contributed by atoms with van der Waals surface area (Å²) in [6.45, 7) is 1.00. The highest BCUT2D eigenvalue weighted by Gasteiger charge is 2.13. The summed E-state index contributed by atoms with van der Waals surface area (Å²) >= 11 is 1.69. The van der Waals surface area contributed by atoms with Crippen molar-refractivity contribution in [2.45, 2.75) is 38.1 Å². The molecule has 0 bridgehead atoms. The average Bonchev–Trinajstić information content (AvgIpc) is 3.11. The van der Waals surface area contributed by atoms with E-state index in [1.54, 1.807) is 23.5 Å². The largest absolute Gasteiger partial charge is 0.314 e. The summed E-state index contributed by atoms with van der Waals surface area (Å²) in [5, 5.41) is 6.81. The van der Waals surface area contributed by atoms with Gasteiger partial charge in [0.05, 0.1) is 10.7 Å². The molecule has 2 nitrogen and oxygen atoms in total. The van der Waals surface area contributed by atoms with Crippen molar-refractivity contribution < 1.29 is 4.39 Å². The van der Waals surface area contributed by atoms with E-state index in [2.05, 4.69) is 15.7 Å². The summed E-state index contributed by atoms with van der Waals surface area (Å²) in [6, 6.07) is 7.24. The molecule has 0 aliphatic heterocycles. The number of rotatable bonds is 5. The van der Waals surface area contributed by atoms with Gasteiger partial charge in [-0.05, 0) is 37.1 Å². The Bertz CT molecular complexity index is 544. The first kappa shape index (κ1) is 13.7. The van der Waals surface area contributed by atoms with Gasteiger partial charge in [-0.2, -0.15) is 0 Å². The number of nitrogens with one attached hydrogen (secondary N) is 1. The Morgan fingerprint density at radius 1 is 1.20 bits per heavy atom. The van der Waals surface area contributed by atoms with Gasteiger partial charge >= 0.3 is 0 Å². The second-order valence-corrected chi connectivity index (χ2v) is 6.26. The van der Waals surface area contributed by atoms with Crippen LogP contribution in [-0.2, 0) is 6.42 Å². The van der Waals surface area contributed by atoms with Crippen molar-refractivity contribution in [2.75, 3.05) is 6.54 Å². The number of benzene rings is 1. The normalized spacial score (nSPS) is 15.8. The van der Waals surface area contributed by atoms with E-state index in [1.165, 1.54) is 37.8 Å². The first-order chi connectivity index (χ1) is 9.81. The number of aromatic nitrogens is 1. The van der Waals surface area contributed by atoms with Gasteiger partial charge < -0.3 is 5.32 Å². The zero-order chi connectivity index (χ0) is 13.8.